The Hall–Kier alpha value is -1.02. The quantitative estimate of drug-likeness (QED) is 0.861. The van der Waals surface area contributed by atoms with Gasteiger partial charge in [0.2, 0.25) is 0 Å². The Kier molecular flexibility index (Phi) is 4.43. The van der Waals surface area contributed by atoms with Crippen molar-refractivity contribution >= 4 is 0 Å². The van der Waals surface area contributed by atoms with E-state index in [1.54, 1.807) is 7.11 Å². The molecular weight excluding hydrogens is 210 g/mol. The molecular formula is C15H23NO. The molecule has 0 heterocycles. The SMILES string of the molecule is COc1ccc(CN[C@H]2CCCC[C@H]2C)cc1. The summed E-state index contributed by atoms with van der Waals surface area (Å²) >= 11 is 0. The third-order valence-corrected chi connectivity index (χ3v) is 3.84. The van der Waals surface area contributed by atoms with Crippen molar-refractivity contribution in [2.45, 2.75) is 45.2 Å². The van der Waals surface area contributed by atoms with Crippen LogP contribution in [0, 0.1) is 5.92 Å². The third-order valence-electron chi connectivity index (χ3n) is 3.84. The number of hydrogen-bond donors (Lipinski definition) is 1. The van der Waals surface area contributed by atoms with Gasteiger partial charge in [-0.05, 0) is 36.5 Å². The van der Waals surface area contributed by atoms with Gasteiger partial charge < -0.3 is 10.1 Å². The first-order valence-corrected chi connectivity index (χ1v) is 6.66. The molecule has 1 fully saturated rings. The van der Waals surface area contributed by atoms with Crippen LogP contribution in [0.5, 0.6) is 5.75 Å². The second-order valence-electron chi connectivity index (χ2n) is 5.10. The van der Waals surface area contributed by atoms with Gasteiger partial charge >= 0.3 is 0 Å². The monoisotopic (exact) mass is 233 g/mol. The van der Waals surface area contributed by atoms with E-state index >= 15 is 0 Å². The number of methoxy groups -OCH3 is 1. The van der Waals surface area contributed by atoms with Crippen LogP contribution in [0.2, 0.25) is 0 Å². The third kappa shape index (κ3) is 3.47. The van der Waals surface area contributed by atoms with Crippen LogP contribution in [-0.2, 0) is 6.54 Å². The van der Waals surface area contributed by atoms with Crippen molar-refractivity contribution in [1.29, 1.82) is 0 Å². The molecule has 0 saturated heterocycles. The van der Waals surface area contributed by atoms with Gasteiger partial charge in [-0.2, -0.15) is 0 Å². The highest BCUT2D eigenvalue weighted by Crippen LogP contribution is 2.24. The minimum atomic E-state index is 0.700. The predicted molar refractivity (Wildman–Crippen MR) is 71.3 cm³/mol. The van der Waals surface area contributed by atoms with Crippen molar-refractivity contribution in [2.24, 2.45) is 5.92 Å². The summed E-state index contributed by atoms with van der Waals surface area (Å²) in [5.74, 6) is 1.75. The maximum absolute atomic E-state index is 5.16. The summed E-state index contributed by atoms with van der Waals surface area (Å²) in [6.45, 7) is 3.34. The topological polar surface area (TPSA) is 21.3 Å². The zero-order valence-corrected chi connectivity index (χ0v) is 10.9. The molecule has 1 aliphatic rings. The molecule has 2 atom stereocenters. The molecule has 1 saturated carbocycles. The molecule has 1 aromatic carbocycles. The molecule has 0 amide bonds. The average molecular weight is 233 g/mol. The lowest BCUT2D eigenvalue weighted by Crippen LogP contribution is -2.36. The maximum Gasteiger partial charge on any atom is 0.118 e. The highest BCUT2D eigenvalue weighted by molar-refractivity contribution is 5.27. The van der Waals surface area contributed by atoms with E-state index in [-0.39, 0.29) is 0 Å². The number of hydrogen-bond acceptors (Lipinski definition) is 2. The van der Waals surface area contributed by atoms with Crippen molar-refractivity contribution in [3.8, 4) is 5.75 Å². The van der Waals surface area contributed by atoms with Crippen molar-refractivity contribution in [3.63, 3.8) is 0 Å². The minimum Gasteiger partial charge on any atom is -0.497 e. The summed E-state index contributed by atoms with van der Waals surface area (Å²) in [5.41, 5.74) is 1.34. The van der Waals surface area contributed by atoms with Crippen LogP contribution in [0.4, 0.5) is 0 Å². The molecule has 0 radical (unpaired) electrons. The normalized spacial score (nSPS) is 24.6. The van der Waals surface area contributed by atoms with Crippen LogP contribution >= 0.6 is 0 Å². The van der Waals surface area contributed by atoms with Crippen molar-refractivity contribution < 1.29 is 4.74 Å². The second kappa shape index (κ2) is 6.06. The first-order chi connectivity index (χ1) is 8.29. The van der Waals surface area contributed by atoms with Gasteiger partial charge in [0, 0.05) is 12.6 Å². The molecule has 0 spiro atoms. The van der Waals surface area contributed by atoms with Crippen LogP contribution < -0.4 is 10.1 Å². The molecule has 0 aromatic heterocycles. The van der Waals surface area contributed by atoms with Gasteiger partial charge in [0.15, 0.2) is 0 Å². The van der Waals surface area contributed by atoms with E-state index in [2.05, 4.69) is 24.4 Å². The number of rotatable bonds is 4. The molecule has 2 rings (SSSR count). The molecule has 1 N–H and O–H groups in total. The van der Waals surface area contributed by atoms with Gasteiger partial charge in [0.1, 0.15) is 5.75 Å². The molecule has 2 nitrogen and oxygen atoms in total. The zero-order chi connectivity index (χ0) is 12.1. The number of benzene rings is 1. The lowest BCUT2D eigenvalue weighted by Gasteiger charge is -2.29. The van der Waals surface area contributed by atoms with E-state index in [0.717, 1.165) is 18.2 Å². The predicted octanol–water partition coefficient (Wildman–Crippen LogP) is 3.36. The van der Waals surface area contributed by atoms with Crippen molar-refractivity contribution in [1.82, 2.24) is 5.32 Å². The van der Waals surface area contributed by atoms with E-state index in [1.807, 2.05) is 12.1 Å². The highest BCUT2D eigenvalue weighted by atomic mass is 16.5. The lowest BCUT2D eigenvalue weighted by molar-refractivity contribution is 0.279. The first-order valence-electron chi connectivity index (χ1n) is 6.66. The summed E-state index contributed by atoms with van der Waals surface area (Å²) in [4.78, 5) is 0. The molecule has 0 unspecified atom stereocenters. The second-order valence-corrected chi connectivity index (χ2v) is 5.10. The van der Waals surface area contributed by atoms with Gasteiger partial charge in [0.25, 0.3) is 0 Å². The van der Waals surface area contributed by atoms with E-state index in [0.29, 0.717) is 6.04 Å². The van der Waals surface area contributed by atoms with Gasteiger partial charge in [-0.25, -0.2) is 0 Å². The van der Waals surface area contributed by atoms with Crippen LogP contribution in [0.1, 0.15) is 38.2 Å². The highest BCUT2D eigenvalue weighted by Gasteiger charge is 2.20. The Labute approximate surface area is 104 Å². The fourth-order valence-corrected chi connectivity index (χ4v) is 2.61. The first kappa shape index (κ1) is 12.4. The standard InChI is InChI=1S/C15H23NO/c1-12-5-3-4-6-15(12)16-11-13-7-9-14(17-2)10-8-13/h7-10,12,15-16H,3-6,11H2,1-2H3/t12-,15+/m1/s1. The lowest BCUT2D eigenvalue weighted by atomic mass is 9.86. The van der Waals surface area contributed by atoms with Gasteiger partial charge in [-0.3, -0.25) is 0 Å². The largest absolute Gasteiger partial charge is 0.497 e. The Bertz CT molecular complexity index is 333. The van der Waals surface area contributed by atoms with Crippen molar-refractivity contribution in [3.05, 3.63) is 29.8 Å². The summed E-state index contributed by atoms with van der Waals surface area (Å²) in [6.07, 6.45) is 5.49. The average Bonchev–Trinajstić information content (AvgIpc) is 2.38. The molecule has 94 valence electrons. The molecule has 0 bridgehead atoms. The Morgan fingerprint density at radius 1 is 1.18 bits per heavy atom. The summed E-state index contributed by atoms with van der Waals surface area (Å²) in [6, 6.07) is 9.03. The van der Waals surface area contributed by atoms with Crippen LogP contribution in [0.3, 0.4) is 0 Å². The van der Waals surface area contributed by atoms with Crippen LogP contribution in [0.25, 0.3) is 0 Å². The summed E-state index contributed by atoms with van der Waals surface area (Å²) < 4.78 is 5.16. The fourth-order valence-electron chi connectivity index (χ4n) is 2.61. The summed E-state index contributed by atoms with van der Waals surface area (Å²) in [5, 5.41) is 3.68. The van der Waals surface area contributed by atoms with Gasteiger partial charge in [0.05, 0.1) is 7.11 Å². The molecule has 1 aromatic rings. The Morgan fingerprint density at radius 3 is 2.53 bits per heavy atom. The van der Waals surface area contributed by atoms with Crippen LogP contribution in [0.15, 0.2) is 24.3 Å². The molecule has 17 heavy (non-hydrogen) atoms. The fraction of sp³-hybridized carbons (Fsp3) is 0.600. The summed E-state index contributed by atoms with van der Waals surface area (Å²) in [7, 11) is 1.71. The zero-order valence-electron chi connectivity index (χ0n) is 10.9. The Morgan fingerprint density at radius 2 is 1.88 bits per heavy atom. The molecule has 2 heteroatoms. The van der Waals surface area contributed by atoms with E-state index in [4.69, 9.17) is 4.74 Å². The van der Waals surface area contributed by atoms with E-state index in [1.165, 1.54) is 31.2 Å². The minimum absolute atomic E-state index is 0.700. The van der Waals surface area contributed by atoms with Gasteiger partial charge in [-0.15, -0.1) is 0 Å². The van der Waals surface area contributed by atoms with E-state index in [9.17, 15) is 0 Å². The number of nitrogens with one attached hydrogen (secondary N) is 1. The van der Waals surface area contributed by atoms with Gasteiger partial charge in [-0.1, -0.05) is 31.9 Å². The molecule has 0 aliphatic heterocycles. The van der Waals surface area contributed by atoms with Crippen molar-refractivity contribution in [2.75, 3.05) is 7.11 Å². The smallest absolute Gasteiger partial charge is 0.118 e. The molecule has 1 aliphatic carbocycles. The van der Waals surface area contributed by atoms with E-state index < -0.39 is 0 Å². The van der Waals surface area contributed by atoms with Crippen LogP contribution in [-0.4, -0.2) is 13.2 Å². The Balaban J connectivity index is 1.84. The maximum atomic E-state index is 5.16. The number of ether oxygens (including phenoxy) is 1.